The Hall–Kier alpha value is -0.660. The molecule has 0 spiro atoms. The molecule has 1 saturated carbocycles. The molecule has 3 nitrogen and oxygen atoms in total. The molecule has 0 aliphatic heterocycles. The maximum absolute atomic E-state index is 11.9. The van der Waals surface area contributed by atoms with Crippen molar-refractivity contribution in [2.75, 3.05) is 13.2 Å². The summed E-state index contributed by atoms with van der Waals surface area (Å²) in [5.41, 5.74) is 6.99. The Kier molecular flexibility index (Phi) is 4.81. The number of thiazole rings is 1. The molecule has 1 aliphatic rings. The van der Waals surface area contributed by atoms with Crippen molar-refractivity contribution in [2.45, 2.75) is 43.8 Å². The topological polar surface area (TPSA) is 48.1 Å². The summed E-state index contributed by atoms with van der Waals surface area (Å²) in [5.74, 6) is 0.307. The summed E-state index contributed by atoms with van der Waals surface area (Å²) in [6.07, 6.45) is -0.651. The molecule has 2 N–H and O–H groups in total. The van der Waals surface area contributed by atoms with E-state index in [9.17, 15) is 13.2 Å². The van der Waals surface area contributed by atoms with E-state index in [0.717, 1.165) is 30.0 Å². The molecule has 0 amide bonds. The molecule has 1 aromatic rings. The molecule has 0 bridgehead atoms. The van der Waals surface area contributed by atoms with E-state index in [1.807, 2.05) is 5.38 Å². The highest BCUT2D eigenvalue weighted by Crippen LogP contribution is 2.33. The van der Waals surface area contributed by atoms with Gasteiger partial charge in [0.2, 0.25) is 0 Å². The average Bonchev–Trinajstić information content (AvgIpc) is 2.91. The van der Waals surface area contributed by atoms with Gasteiger partial charge in [0.15, 0.2) is 0 Å². The molecule has 1 aromatic heterocycles. The van der Waals surface area contributed by atoms with Gasteiger partial charge in [0.1, 0.15) is 6.61 Å². The zero-order chi connectivity index (χ0) is 13.9. The highest BCUT2D eigenvalue weighted by atomic mass is 32.1. The van der Waals surface area contributed by atoms with Gasteiger partial charge in [0, 0.05) is 23.8 Å². The first-order valence-corrected chi connectivity index (χ1v) is 7.18. The molecule has 108 valence electrons. The van der Waals surface area contributed by atoms with Gasteiger partial charge in [-0.25, -0.2) is 4.98 Å². The Morgan fingerprint density at radius 3 is 2.84 bits per heavy atom. The van der Waals surface area contributed by atoms with Gasteiger partial charge in [-0.05, 0) is 12.8 Å². The number of nitrogens with zero attached hydrogens (tertiary/aromatic N) is 1. The standard InChI is InChI=1S/C12H17F3N2OS/c13-12(14,15)7-18-5-4-11-17-10(6-19-11)8-2-1-3-9(8)16/h6,8-9H,1-5,7,16H2. The van der Waals surface area contributed by atoms with Crippen LogP contribution in [-0.2, 0) is 11.2 Å². The van der Waals surface area contributed by atoms with E-state index in [0.29, 0.717) is 12.3 Å². The van der Waals surface area contributed by atoms with Crippen LogP contribution in [0.3, 0.4) is 0 Å². The van der Waals surface area contributed by atoms with E-state index >= 15 is 0 Å². The van der Waals surface area contributed by atoms with Crippen molar-refractivity contribution in [2.24, 2.45) is 5.73 Å². The molecule has 1 heterocycles. The van der Waals surface area contributed by atoms with Crippen molar-refractivity contribution < 1.29 is 17.9 Å². The Balaban J connectivity index is 1.78. The third-order valence-electron chi connectivity index (χ3n) is 3.24. The minimum absolute atomic E-state index is 0.0448. The predicted octanol–water partition coefficient (Wildman–Crippen LogP) is 2.86. The number of hydrogen-bond acceptors (Lipinski definition) is 4. The number of halogens is 3. The van der Waals surface area contributed by atoms with E-state index < -0.39 is 12.8 Å². The minimum Gasteiger partial charge on any atom is -0.372 e. The number of nitrogens with two attached hydrogens (primary N) is 1. The molecule has 0 saturated heterocycles. The minimum atomic E-state index is -4.26. The highest BCUT2D eigenvalue weighted by Gasteiger charge is 2.28. The van der Waals surface area contributed by atoms with Crippen LogP contribution in [0.4, 0.5) is 13.2 Å². The van der Waals surface area contributed by atoms with Crippen LogP contribution in [0.25, 0.3) is 0 Å². The van der Waals surface area contributed by atoms with Crippen molar-refractivity contribution in [1.29, 1.82) is 0 Å². The second-order valence-corrected chi connectivity index (χ2v) is 5.73. The lowest BCUT2D eigenvalue weighted by atomic mass is 10.0. The third kappa shape index (κ3) is 4.43. The maximum Gasteiger partial charge on any atom is 0.411 e. The lowest BCUT2D eigenvalue weighted by Gasteiger charge is -2.11. The fraction of sp³-hybridized carbons (Fsp3) is 0.750. The van der Waals surface area contributed by atoms with Crippen LogP contribution in [0.15, 0.2) is 5.38 Å². The van der Waals surface area contributed by atoms with Crippen LogP contribution in [0.1, 0.15) is 35.9 Å². The molecule has 7 heteroatoms. The van der Waals surface area contributed by atoms with Gasteiger partial charge in [-0.3, -0.25) is 0 Å². The predicted molar refractivity (Wildman–Crippen MR) is 67.3 cm³/mol. The molecule has 0 aromatic carbocycles. The molecular weight excluding hydrogens is 277 g/mol. The van der Waals surface area contributed by atoms with E-state index in [1.165, 1.54) is 11.3 Å². The molecule has 0 radical (unpaired) electrons. The van der Waals surface area contributed by atoms with E-state index in [2.05, 4.69) is 9.72 Å². The van der Waals surface area contributed by atoms with Crippen LogP contribution >= 0.6 is 11.3 Å². The second kappa shape index (κ2) is 6.19. The first-order valence-electron chi connectivity index (χ1n) is 6.30. The Bertz CT molecular complexity index is 408. The van der Waals surface area contributed by atoms with Gasteiger partial charge in [-0.15, -0.1) is 11.3 Å². The summed E-state index contributed by atoms with van der Waals surface area (Å²) in [6, 6.07) is 0.163. The summed E-state index contributed by atoms with van der Waals surface area (Å²) in [5, 5.41) is 2.78. The van der Waals surface area contributed by atoms with Gasteiger partial charge >= 0.3 is 6.18 Å². The Labute approximate surface area is 114 Å². The first kappa shape index (κ1) is 14.7. The molecule has 2 atom stereocenters. The number of rotatable bonds is 5. The van der Waals surface area contributed by atoms with Crippen LogP contribution in [0.5, 0.6) is 0 Å². The van der Waals surface area contributed by atoms with Crippen LogP contribution in [0.2, 0.25) is 0 Å². The van der Waals surface area contributed by atoms with Crippen molar-refractivity contribution in [3.8, 4) is 0 Å². The van der Waals surface area contributed by atoms with Gasteiger partial charge in [-0.2, -0.15) is 13.2 Å². The number of ether oxygens (including phenoxy) is 1. The Morgan fingerprint density at radius 2 is 2.21 bits per heavy atom. The molecule has 19 heavy (non-hydrogen) atoms. The van der Waals surface area contributed by atoms with Crippen molar-refractivity contribution >= 4 is 11.3 Å². The molecule has 1 aliphatic carbocycles. The van der Waals surface area contributed by atoms with Crippen molar-refractivity contribution in [1.82, 2.24) is 4.98 Å². The fourth-order valence-electron chi connectivity index (χ4n) is 2.31. The van der Waals surface area contributed by atoms with Crippen LogP contribution in [-0.4, -0.2) is 30.4 Å². The normalized spacial score (nSPS) is 24.0. The molecule has 1 fully saturated rings. The Morgan fingerprint density at radius 1 is 1.42 bits per heavy atom. The number of hydrogen-bond donors (Lipinski definition) is 1. The summed E-state index contributed by atoms with van der Waals surface area (Å²) in [7, 11) is 0. The van der Waals surface area contributed by atoms with Crippen molar-refractivity contribution in [3.05, 3.63) is 16.1 Å². The van der Waals surface area contributed by atoms with E-state index in [1.54, 1.807) is 0 Å². The van der Waals surface area contributed by atoms with Gasteiger partial charge in [-0.1, -0.05) is 6.42 Å². The van der Waals surface area contributed by atoms with Gasteiger partial charge in [0.25, 0.3) is 0 Å². The number of aromatic nitrogens is 1. The summed E-state index contributed by atoms with van der Waals surface area (Å²) in [4.78, 5) is 4.45. The summed E-state index contributed by atoms with van der Waals surface area (Å²) >= 11 is 1.47. The quantitative estimate of drug-likeness (QED) is 0.850. The van der Waals surface area contributed by atoms with Crippen molar-refractivity contribution in [3.63, 3.8) is 0 Å². The van der Waals surface area contributed by atoms with E-state index in [4.69, 9.17) is 5.73 Å². The van der Waals surface area contributed by atoms with Gasteiger partial charge < -0.3 is 10.5 Å². The maximum atomic E-state index is 11.9. The first-order chi connectivity index (χ1) is 8.96. The van der Waals surface area contributed by atoms with Crippen LogP contribution < -0.4 is 5.73 Å². The molecule has 2 unspecified atom stereocenters. The summed E-state index contributed by atoms with van der Waals surface area (Å²) < 4.78 is 40.2. The van der Waals surface area contributed by atoms with E-state index in [-0.39, 0.29) is 12.6 Å². The molecular formula is C12H17F3N2OS. The zero-order valence-corrected chi connectivity index (χ0v) is 11.3. The highest BCUT2D eigenvalue weighted by molar-refractivity contribution is 7.09. The SMILES string of the molecule is NC1CCCC1c1csc(CCOCC(F)(F)F)n1. The second-order valence-electron chi connectivity index (χ2n) is 4.79. The van der Waals surface area contributed by atoms with Gasteiger partial charge in [0.05, 0.1) is 17.3 Å². The summed E-state index contributed by atoms with van der Waals surface area (Å²) in [6.45, 7) is -1.15. The number of alkyl halides is 3. The largest absolute Gasteiger partial charge is 0.411 e. The lowest BCUT2D eigenvalue weighted by molar-refractivity contribution is -0.173. The fourth-order valence-corrected chi connectivity index (χ4v) is 3.16. The lowest BCUT2D eigenvalue weighted by Crippen LogP contribution is -2.23. The monoisotopic (exact) mass is 294 g/mol. The zero-order valence-electron chi connectivity index (χ0n) is 10.4. The average molecular weight is 294 g/mol. The molecule has 2 rings (SSSR count). The van der Waals surface area contributed by atoms with Crippen LogP contribution in [0, 0.1) is 0 Å². The third-order valence-corrected chi connectivity index (χ3v) is 4.17. The smallest absolute Gasteiger partial charge is 0.372 e.